The summed E-state index contributed by atoms with van der Waals surface area (Å²) < 4.78 is 41.2. The van der Waals surface area contributed by atoms with Gasteiger partial charge in [-0.2, -0.15) is 18.3 Å². The van der Waals surface area contributed by atoms with E-state index < -0.39 is 23.3 Å². The molecule has 0 aliphatic rings. The van der Waals surface area contributed by atoms with Crippen LogP contribution in [0.4, 0.5) is 24.7 Å². The Kier molecular flexibility index (Phi) is 8.21. The van der Waals surface area contributed by atoms with Crippen LogP contribution >= 0.6 is 11.6 Å². The highest BCUT2D eigenvalue weighted by atomic mass is 35.5. The molecule has 5 N–H and O–H groups in total. The molecule has 12 heteroatoms. The van der Waals surface area contributed by atoms with E-state index in [0.717, 1.165) is 12.1 Å². The van der Waals surface area contributed by atoms with E-state index in [1.54, 1.807) is 61.6 Å². The summed E-state index contributed by atoms with van der Waals surface area (Å²) in [5.41, 5.74) is 8.94. The molecule has 0 aliphatic heterocycles. The molecule has 8 nitrogen and oxygen atoms in total. The third-order valence-electron chi connectivity index (χ3n) is 6.27. The second-order valence-corrected chi connectivity index (χ2v) is 9.47. The second-order valence-electron chi connectivity index (χ2n) is 9.06. The molecular weight excluding hydrogens is 557 g/mol. The Morgan fingerprint density at radius 2 is 1.73 bits per heavy atom. The molecule has 0 unspecified atom stereocenters. The number of terminal acetylenes is 1. The van der Waals surface area contributed by atoms with Crippen LogP contribution in [-0.2, 0) is 12.7 Å². The molecule has 1 aromatic heterocycles. The minimum atomic E-state index is -4.92. The topological polar surface area (TPSA) is 119 Å². The van der Waals surface area contributed by atoms with E-state index >= 15 is 0 Å². The van der Waals surface area contributed by atoms with Crippen molar-refractivity contribution in [2.45, 2.75) is 11.8 Å². The zero-order valence-corrected chi connectivity index (χ0v) is 22.4. The van der Waals surface area contributed by atoms with Crippen molar-refractivity contribution in [3.05, 3.63) is 101 Å². The average Bonchev–Trinajstić information content (AvgIpc) is 3.31. The van der Waals surface area contributed by atoms with Crippen LogP contribution in [0.3, 0.4) is 0 Å². The maximum Gasteiger partial charge on any atom is 0.423 e. The van der Waals surface area contributed by atoms with Crippen LogP contribution in [0.15, 0.2) is 78.9 Å². The van der Waals surface area contributed by atoms with Gasteiger partial charge in [-0.1, -0.05) is 53.9 Å². The van der Waals surface area contributed by atoms with E-state index in [4.69, 9.17) is 29.5 Å². The van der Waals surface area contributed by atoms with Crippen LogP contribution in [0.25, 0.3) is 11.3 Å². The smallest absolute Gasteiger partial charge is 0.307 e. The van der Waals surface area contributed by atoms with E-state index in [2.05, 4.69) is 16.3 Å². The monoisotopic (exact) mass is 580 g/mol. The molecule has 0 saturated heterocycles. The molecule has 41 heavy (non-hydrogen) atoms. The Labute approximate surface area is 238 Å². The van der Waals surface area contributed by atoms with Gasteiger partial charge in [0.1, 0.15) is 5.82 Å². The lowest BCUT2D eigenvalue weighted by Gasteiger charge is -2.28. The van der Waals surface area contributed by atoms with Gasteiger partial charge in [-0.25, -0.2) is 0 Å². The molecule has 0 fully saturated rings. The van der Waals surface area contributed by atoms with Crippen molar-refractivity contribution < 1.29 is 22.8 Å². The van der Waals surface area contributed by atoms with E-state index in [-0.39, 0.29) is 23.8 Å². The number of carbonyl (C=O) groups is 2. The SMILES string of the molecule is C#CCN(C(=O)c1ccccc1Cl)c1ccc(-c2cc(NC(=O)c3cccc(C(N)(N)C(F)(F)F)c3)n(C)n2)cc1. The summed E-state index contributed by atoms with van der Waals surface area (Å²) in [6.07, 6.45) is 0.582. The molecule has 4 rings (SSSR count). The first-order chi connectivity index (χ1) is 19.3. The van der Waals surface area contributed by atoms with Gasteiger partial charge >= 0.3 is 6.18 Å². The van der Waals surface area contributed by atoms with E-state index in [0.29, 0.717) is 27.5 Å². The minimum absolute atomic E-state index is 0.0166. The van der Waals surface area contributed by atoms with Crippen molar-refractivity contribution in [2.24, 2.45) is 18.5 Å². The molecule has 210 valence electrons. The van der Waals surface area contributed by atoms with E-state index in [1.807, 2.05) is 0 Å². The number of alkyl halides is 3. The summed E-state index contributed by atoms with van der Waals surface area (Å²) in [5, 5.41) is 7.34. The summed E-state index contributed by atoms with van der Waals surface area (Å²) in [6, 6.07) is 19.8. The molecule has 0 bridgehead atoms. The maximum atomic E-state index is 13.3. The van der Waals surface area contributed by atoms with Crippen LogP contribution in [0.5, 0.6) is 0 Å². The predicted octanol–water partition coefficient (Wildman–Crippen LogP) is 4.91. The number of amides is 2. The maximum absolute atomic E-state index is 13.3. The van der Waals surface area contributed by atoms with E-state index in [9.17, 15) is 22.8 Å². The Morgan fingerprint density at radius 1 is 1.05 bits per heavy atom. The summed E-state index contributed by atoms with van der Waals surface area (Å²) in [5.74, 6) is 1.72. The van der Waals surface area contributed by atoms with Gasteiger partial charge in [-0.3, -0.25) is 19.2 Å². The minimum Gasteiger partial charge on any atom is -0.307 e. The molecule has 0 saturated carbocycles. The molecule has 0 radical (unpaired) electrons. The lowest BCUT2D eigenvalue weighted by atomic mass is 9.98. The van der Waals surface area contributed by atoms with Gasteiger partial charge in [-0.05, 0) is 42.0 Å². The van der Waals surface area contributed by atoms with Gasteiger partial charge in [0.2, 0.25) is 0 Å². The zero-order valence-electron chi connectivity index (χ0n) is 21.6. The molecule has 4 aromatic rings. The zero-order chi connectivity index (χ0) is 29.9. The predicted molar refractivity (Wildman–Crippen MR) is 151 cm³/mol. The lowest BCUT2D eigenvalue weighted by molar-refractivity contribution is -0.188. The van der Waals surface area contributed by atoms with Gasteiger partial charge in [-0.15, -0.1) is 6.42 Å². The fraction of sp³-hybridized carbons (Fsp3) is 0.138. The summed E-state index contributed by atoms with van der Waals surface area (Å²) in [7, 11) is 1.59. The first kappa shape index (κ1) is 29.4. The molecule has 3 aromatic carbocycles. The normalized spacial score (nSPS) is 11.6. The number of nitrogens with two attached hydrogens (primary N) is 2. The number of hydrogen-bond acceptors (Lipinski definition) is 5. The third-order valence-corrected chi connectivity index (χ3v) is 6.60. The van der Waals surface area contributed by atoms with Gasteiger partial charge in [0.25, 0.3) is 11.8 Å². The number of aryl methyl sites for hydroxylation is 1. The van der Waals surface area contributed by atoms with Crippen LogP contribution in [0, 0.1) is 12.3 Å². The van der Waals surface area contributed by atoms with Crippen LogP contribution in [0.2, 0.25) is 5.02 Å². The molecule has 2 amide bonds. The van der Waals surface area contributed by atoms with Crippen molar-refractivity contribution in [3.8, 4) is 23.6 Å². The van der Waals surface area contributed by atoms with Crippen molar-refractivity contribution in [2.75, 3.05) is 16.8 Å². The van der Waals surface area contributed by atoms with E-state index in [1.165, 1.54) is 21.7 Å². The van der Waals surface area contributed by atoms with Crippen molar-refractivity contribution in [1.82, 2.24) is 9.78 Å². The summed E-state index contributed by atoms with van der Waals surface area (Å²) in [4.78, 5) is 27.4. The van der Waals surface area contributed by atoms with Crippen molar-refractivity contribution in [1.29, 1.82) is 0 Å². The molecule has 0 spiro atoms. The number of anilines is 2. The Bertz CT molecular complexity index is 1640. The molecule has 0 aliphatic carbocycles. The summed E-state index contributed by atoms with van der Waals surface area (Å²) >= 11 is 6.20. The second kappa shape index (κ2) is 11.5. The Hall–Kier alpha value is -4.63. The lowest BCUT2D eigenvalue weighted by Crippen LogP contribution is -2.57. The largest absolute Gasteiger partial charge is 0.423 e. The van der Waals surface area contributed by atoms with Gasteiger partial charge in [0, 0.05) is 29.9 Å². The highest BCUT2D eigenvalue weighted by molar-refractivity contribution is 6.34. The number of rotatable bonds is 7. The highest BCUT2D eigenvalue weighted by Crippen LogP contribution is 2.33. The number of hydrogen-bond donors (Lipinski definition) is 3. The van der Waals surface area contributed by atoms with Crippen molar-refractivity contribution >= 4 is 34.9 Å². The fourth-order valence-electron chi connectivity index (χ4n) is 3.96. The number of nitrogens with one attached hydrogen (secondary N) is 1. The van der Waals surface area contributed by atoms with Crippen molar-refractivity contribution in [3.63, 3.8) is 0 Å². The first-order valence-corrected chi connectivity index (χ1v) is 12.4. The Balaban J connectivity index is 1.54. The highest BCUT2D eigenvalue weighted by Gasteiger charge is 2.50. The molecule has 1 heterocycles. The quantitative estimate of drug-likeness (QED) is 0.212. The standard InChI is InChI=1S/C29H24ClF3N6O2/c1-3-15-39(27(41)22-9-4-5-10-23(22)30)21-13-11-18(12-14-21)24-17-25(38(2)37-24)36-26(40)19-7-6-8-20(16-19)28(34,35)29(31,32)33/h1,4-14,16-17H,15,34-35H2,2H3,(H,36,40). The number of halogens is 4. The summed E-state index contributed by atoms with van der Waals surface area (Å²) in [6.45, 7) is 0.0166. The average molecular weight is 581 g/mol. The number of carbonyl (C=O) groups excluding carboxylic acids is 2. The van der Waals surface area contributed by atoms with Crippen LogP contribution in [0.1, 0.15) is 26.3 Å². The van der Waals surface area contributed by atoms with Gasteiger partial charge in [0.05, 0.1) is 22.8 Å². The molecule has 0 atom stereocenters. The van der Waals surface area contributed by atoms with Crippen LogP contribution in [-0.4, -0.2) is 34.3 Å². The first-order valence-electron chi connectivity index (χ1n) is 12.0. The number of aromatic nitrogens is 2. The van der Waals surface area contributed by atoms with Gasteiger partial charge in [0.15, 0.2) is 5.66 Å². The third kappa shape index (κ3) is 6.10. The number of nitrogens with zero attached hydrogens (tertiary/aromatic N) is 3. The molecular formula is C29H24ClF3N6O2. The van der Waals surface area contributed by atoms with Gasteiger partial charge < -0.3 is 16.8 Å². The Morgan fingerprint density at radius 3 is 2.37 bits per heavy atom. The fourth-order valence-corrected chi connectivity index (χ4v) is 4.18. The van der Waals surface area contributed by atoms with Crippen LogP contribution < -0.4 is 21.7 Å². The number of benzene rings is 3.